The molecule has 0 atom stereocenters. The first kappa shape index (κ1) is 20.6. The van der Waals surface area contributed by atoms with Crippen molar-refractivity contribution in [1.82, 2.24) is 9.97 Å². The quantitative estimate of drug-likeness (QED) is 0.794. The van der Waals surface area contributed by atoms with E-state index >= 15 is 0 Å². The van der Waals surface area contributed by atoms with Gasteiger partial charge in [0.1, 0.15) is 5.82 Å². The molecule has 0 saturated carbocycles. The number of aromatic nitrogens is 2. The Kier molecular flexibility index (Phi) is 7.24. The van der Waals surface area contributed by atoms with Gasteiger partial charge in [0.2, 0.25) is 5.01 Å². The molecule has 0 aromatic carbocycles. The third-order valence-electron chi connectivity index (χ3n) is 2.64. The average Bonchev–Trinajstić information content (AvgIpc) is 2.86. The zero-order valence-electron chi connectivity index (χ0n) is 14.2. The van der Waals surface area contributed by atoms with E-state index in [0.29, 0.717) is 5.82 Å². The van der Waals surface area contributed by atoms with Crippen LogP contribution < -0.4 is 56.7 Å². The van der Waals surface area contributed by atoms with Gasteiger partial charge in [0.15, 0.2) is 0 Å². The number of thiazole rings is 1. The van der Waals surface area contributed by atoms with Gasteiger partial charge in [0.25, 0.3) is 6.43 Å². The molecule has 0 bridgehead atoms. The van der Waals surface area contributed by atoms with E-state index in [4.69, 9.17) is 5.11 Å². The Balaban J connectivity index is 0.00000264. The molecule has 0 radical (unpaired) electrons. The minimum Gasteiger partial charge on any atom is -1.00 e. The summed E-state index contributed by atoms with van der Waals surface area (Å²) in [6, 6.07) is 1.27. The standard InChI is InChI=1S/C14H15F2N3O2S.K.H/c1-14(2,3)19-10-4-7(11(15)16)8(5-17-10)9-6-22-12(18-9)13(20)21;;/h4-6,11H,1-3H3,(H,17,19)(H,20,21);;/q;+1;-1. The van der Waals surface area contributed by atoms with Crippen LogP contribution in [0.5, 0.6) is 0 Å². The summed E-state index contributed by atoms with van der Waals surface area (Å²) in [5.74, 6) is -0.853. The Morgan fingerprint density at radius 1 is 1.43 bits per heavy atom. The van der Waals surface area contributed by atoms with Crippen LogP contribution in [0.3, 0.4) is 0 Å². The Morgan fingerprint density at radius 3 is 2.57 bits per heavy atom. The van der Waals surface area contributed by atoms with Crippen LogP contribution in [0, 0.1) is 0 Å². The number of carboxylic acid groups (broad SMARTS) is 1. The largest absolute Gasteiger partial charge is 1.00 e. The van der Waals surface area contributed by atoms with Crippen LogP contribution in [0.4, 0.5) is 14.6 Å². The first-order valence-electron chi connectivity index (χ1n) is 6.43. The van der Waals surface area contributed by atoms with Crippen LogP contribution in [0.2, 0.25) is 0 Å². The molecule has 0 aliphatic rings. The number of nitrogens with zero attached hydrogens (tertiary/aromatic N) is 2. The second-order valence-electron chi connectivity index (χ2n) is 5.68. The Bertz CT molecular complexity index is 708. The van der Waals surface area contributed by atoms with Crippen LogP contribution >= 0.6 is 11.3 Å². The fraction of sp³-hybridized carbons (Fsp3) is 0.357. The molecule has 0 saturated heterocycles. The minimum atomic E-state index is -2.71. The number of rotatable bonds is 4. The van der Waals surface area contributed by atoms with E-state index in [-0.39, 0.29) is 80.2 Å². The van der Waals surface area contributed by atoms with Crippen LogP contribution in [0.25, 0.3) is 11.3 Å². The number of nitrogens with one attached hydrogen (secondary N) is 1. The predicted molar refractivity (Wildman–Crippen MR) is 81.7 cm³/mol. The smallest absolute Gasteiger partial charge is 1.00 e. The van der Waals surface area contributed by atoms with Crippen molar-refractivity contribution in [1.29, 1.82) is 0 Å². The molecular formula is C14H16F2KN3O2S. The van der Waals surface area contributed by atoms with E-state index in [0.717, 1.165) is 11.3 Å². The molecule has 5 nitrogen and oxygen atoms in total. The maximum atomic E-state index is 13.3. The number of hydrogen-bond donors (Lipinski definition) is 2. The number of pyridine rings is 1. The third-order valence-corrected chi connectivity index (χ3v) is 3.47. The molecule has 0 unspecified atom stereocenters. The summed E-state index contributed by atoms with van der Waals surface area (Å²) in [7, 11) is 0. The van der Waals surface area contributed by atoms with Gasteiger partial charge in [0, 0.05) is 28.2 Å². The average molecular weight is 367 g/mol. The summed E-state index contributed by atoms with van der Waals surface area (Å²) in [5, 5.41) is 13.2. The molecule has 0 amide bonds. The molecular weight excluding hydrogens is 351 g/mol. The van der Waals surface area contributed by atoms with Crippen molar-refractivity contribution in [3.63, 3.8) is 0 Å². The maximum Gasteiger partial charge on any atom is 1.00 e. The van der Waals surface area contributed by atoms with Gasteiger partial charge in [0.05, 0.1) is 5.69 Å². The van der Waals surface area contributed by atoms with Crippen LogP contribution in [0.1, 0.15) is 44.0 Å². The first-order chi connectivity index (χ1) is 10.2. The number of carboxylic acids is 1. The fourth-order valence-corrected chi connectivity index (χ4v) is 2.47. The van der Waals surface area contributed by atoms with Crippen molar-refractivity contribution in [2.45, 2.75) is 32.7 Å². The van der Waals surface area contributed by atoms with Crippen molar-refractivity contribution >= 4 is 23.1 Å². The van der Waals surface area contributed by atoms with Crippen molar-refractivity contribution in [2.75, 3.05) is 5.32 Å². The van der Waals surface area contributed by atoms with Crippen molar-refractivity contribution < 1.29 is 71.5 Å². The Labute approximate surface area is 180 Å². The molecule has 23 heavy (non-hydrogen) atoms. The van der Waals surface area contributed by atoms with Crippen LogP contribution in [-0.4, -0.2) is 26.6 Å². The summed E-state index contributed by atoms with van der Waals surface area (Å²) in [6.07, 6.45) is -1.43. The SMILES string of the molecule is CC(C)(C)Nc1cc(C(F)F)c(-c2csc(C(=O)O)n2)cn1.[H-].[K+]. The second kappa shape index (κ2) is 8.08. The van der Waals surface area contributed by atoms with Gasteiger partial charge in [-0.2, -0.15) is 0 Å². The van der Waals surface area contributed by atoms with E-state index in [9.17, 15) is 13.6 Å². The minimum absolute atomic E-state index is 0. The number of anilines is 1. The van der Waals surface area contributed by atoms with Gasteiger partial charge < -0.3 is 11.8 Å². The first-order valence-corrected chi connectivity index (χ1v) is 7.31. The van der Waals surface area contributed by atoms with Gasteiger partial charge in [-0.3, -0.25) is 0 Å². The van der Waals surface area contributed by atoms with E-state index in [1.807, 2.05) is 20.8 Å². The van der Waals surface area contributed by atoms with E-state index in [2.05, 4.69) is 15.3 Å². The van der Waals surface area contributed by atoms with Gasteiger partial charge in [-0.1, -0.05) is 0 Å². The summed E-state index contributed by atoms with van der Waals surface area (Å²) in [4.78, 5) is 18.8. The zero-order valence-corrected chi connectivity index (χ0v) is 17.2. The summed E-state index contributed by atoms with van der Waals surface area (Å²) in [5.41, 5.74) is -0.222. The monoisotopic (exact) mass is 367 g/mol. The van der Waals surface area contributed by atoms with E-state index in [1.54, 1.807) is 0 Å². The summed E-state index contributed by atoms with van der Waals surface area (Å²) < 4.78 is 26.6. The molecule has 0 spiro atoms. The summed E-state index contributed by atoms with van der Waals surface area (Å²) >= 11 is 0.888. The molecule has 9 heteroatoms. The molecule has 2 N–H and O–H groups in total. The Morgan fingerprint density at radius 2 is 2.09 bits per heavy atom. The third kappa shape index (κ3) is 5.54. The van der Waals surface area contributed by atoms with Crippen molar-refractivity contribution in [2.24, 2.45) is 0 Å². The number of alkyl halides is 2. The van der Waals surface area contributed by atoms with E-state index < -0.39 is 12.4 Å². The van der Waals surface area contributed by atoms with Crippen molar-refractivity contribution in [3.05, 3.63) is 28.2 Å². The van der Waals surface area contributed by atoms with Crippen LogP contribution in [-0.2, 0) is 0 Å². The fourth-order valence-electron chi connectivity index (χ4n) is 1.81. The molecule has 2 rings (SSSR count). The van der Waals surface area contributed by atoms with E-state index in [1.165, 1.54) is 17.6 Å². The molecule has 2 heterocycles. The van der Waals surface area contributed by atoms with Gasteiger partial charge >= 0.3 is 57.4 Å². The maximum absolute atomic E-state index is 13.3. The molecule has 0 aliphatic carbocycles. The predicted octanol–water partition coefficient (Wildman–Crippen LogP) is 1.17. The second-order valence-corrected chi connectivity index (χ2v) is 6.53. The summed E-state index contributed by atoms with van der Waals surface area (Å²) in [6.45, 7) is 5.68. The molecule has 0 aliphatic heterocycles. The van der Waals surface area contributed by atoms with Gasteiger partial charge in [-0.15, -0.1) is 11.3 Å². The number of carbonyl (C=O) groups is 1. The molecule has 2 aromatic heterocycles. The molecule has 2 aromatic rings. The number of hydrogen-bond acceptors (Lipinski definition) is 5. The van der Waals surface area contributed by atoms with Gasteiger partial charge in [-0.25, -0.2) is 23.5 Å². The molecule has 0 fully saturated rings. The molecule has 120 valence electrons. The zero-order chi connectivity index (χ0) is 16.5. The van der Waals surface area contributed by atoms with Crippen molar-refractivity contribution in [3.8, 4) is 11.3 Å². The topological polar surface area (TPSA) is 75.1 Å². The normalized spacial score (nSPS) is 11.2. The van der Waals surface area contributed by atoms with Crippen LogP contribution in [0.15, 0.2) is 17.6 Å². The number of halogens is 2. The van der Waals surface area contributed by atoms with Gasteiger partial charge in [-0.05, 0) is 26.8 Å². The Hall–Kier alpha value is -0.454. The number of aromatic carboxylic acids is 1.